The molecule has 1 aliphatic carbocycles. The minimum atomic E-state index is -0.104. The van der Waals surface area contributed by atoms with E-state index in [0.29, 0.717) is 0 Å². The molecule has 102 valence electrons. The molecule has 2 aromatic rings. The highest BCUT2D eigenvalue weighted by molar-refractivity contribution is 5.73. The topological polar surface area (TPSA) is 52.0 Å². The van der Waals surface area contributed by atoms with Crippen LogP contribution in [0.3, 0.4) is 0 Å². The zero-order chi connectivity index (χ0) is 13.3. The van der Waals surface area contributed by atoms with Crippen molar-refractivity contribution in [2.75, 3.05) is 0 Å². The SMILES string of the molecule is CCc1ccc2oc(CC3(N)CCCCC3)nc2c1. The second kappa shape index (κ2) is 4.97. The fourth-order valence-electron chi connectivity index (χ4n) is 3.05. The Kier molecular flexibility index (Phi) is 3.31. The maximum Gasteiger partial charge on any atom is 0.197 e. The van der Waals surface area contributed by atoms with E-state index in [9.17, 15) is 0 Å². The number of hydrogen-bond donors (Lipinski definition) is 1. The predicted molar refractivity (Wildman–Crippen MR) is 77.1 cm³/mol. The van der Waals surface area contributed by atoms with Gasteiger partial charge in [0.05, 0.1) is 0 Å². The normalized spacial score (nSPS) is 18.8. The molecule has 1 aromatic heterocycles. The number of oxazole rings is 1. The molecule has 1 heterocycles. The van der Waals surface area contributed by atoms with Crippen LogP contribution in [0.4, 0.5) is 0 Å². The lowest BCUT2D eigenvalue weighted by atomic mass is 9.80. The fourth-order valence-corrected chi connectivity index (χ4v) is 3.05. The van der Waals surface area contributed by atoms with Crippen molar-refractivity contribution in [3.8, 4) is 0 Å². The van der Waals surface area contributed by atoms with Crippen molar-refractivity contribution in [1.29, 1.82) is 0 Å². The Balaban J connectivity index is 1.84. The fraction of sp³-hybridized carbons (Fsp3) is 0.562. The minimum absolute atomic E-state index is 0.104. The van der Waals surface area contributed by atoms with E-state index in [0.717, 1.165) is 42.7 Å². The molecule has 0 unspecified atom stereocenters. The number of hydrogen-bond acceptors (Lipinski definition) is 3. The molecule has 2 N–H and O–H groups in total. The summed E-state index contributed by atoms with van der Waals surface area (Å²) in [6.45, 7) is 2.15. The Morgan fingerprint density at radius 2 is 2.05 bits per heavy atom. The van der Waals surface area contributed by atoms with Gasteiger partial charge in [0.15, 0.2) is 11.5 Å². The van der Waals surface area contributed by atoms with Crippen molar-refractivity contribution in [3.05, 3.63) is 29.7 Å². The second-order valence-corrected chi connectivity index (χ2v) is 5.86. The van der Waals surface area contributed by atoms with Crippen LogP contribution in [0.5, 0.6) is 0 Å². The van der Waals surface area contributed by atoms with Crippen LogP contribution in [0.15, 0.2) is 22.6 Å². The molecule has 1 fully saturated rings. The smallest absolute Gasteiger partial charge is 0.197 e. The number of benzene rings is 1. The molecule has 3 rings (SSSR count). The second-order valence-electron chi connectivity index (χ2n) is 5.86. The van der Waals surface area contributed by atoms with Gasteiger partial charge in [-0.25, -0.2) is 4.98 Å². The van der Waals surface area contributed by atoms with Crippen molar-refractivity contribution in [2.45, 2.75) is 57.4 Å². The van der Waals surface area contributed by atoms with E-state index in [1.54, 1.807) is 0 Å². The molecule has 0 aliphatic heterocycles. The summed E-state index contributed by atoms with van der Waals surface area (Å²) < 4.78 is 5.84. The number of nitrogens with zero attached hydrogens (tertiary/aromatic N) is 1. The van der Waals surface area contributed by atoms with Gasteiger partial charge in [-0.3, -0.25) is 0 Å². The molecule has 3 nitrogen and oxygen atoms in total. The Morgan fingerprint density at radius 1 is 1.26 bits per heavy atom. The lowest BCUT2D eigenvalue weighted by molar-refractivity contribution is 0.276. The first-order valence-electron chi connectivity index (χ1n) is 7.36. The molecule has 3 heteroatoms. The van der Waals surface area contributed by atoms with E-state index in [2.05, 4.69) is 24.0 Å². The lowest BCUT2D eigenvalue weighted by Gasteiger charge is -2.32. The molecule has 19 heavy (non-hydrogen) atoms. The van der Waals surface area contributed by atoms with E-state index in [1.165, 1.54) is 24.8 Å². The molecule has 0 saturated heterocycles. The van der Waals surface area contributed by atoms with E-state index < -0.39 is 0 Å². The number of aryl methyl sites for hydroxylation is 1. The van der Waals surface area contributed by atoms with Crippen molar-refractivity contribution < 1.29 is 4.42 Å². The van der Waals surface area contributed by atoms with Gasteiger partial charge in [0.1, 0.15) is 5.52 Å². The lowest BCUT2D eigenvalue weighted by Crippen LogP contribution is -2.43. The molecule has 0 spiro atoms. The van der Waals surface area contributed by atoms with Gasteiger partial charge in [-0.15, -0.1) is 0 Å². The van der Waals surface area contributed by atoms with Crippen LogP contribution in [0.2, 0.25) is 0 Å². The van der Waals surface area contributed by atoms with E-state index in [4.69, 9.17) is 10.2 Å². The molecular weight excluding hydrogens is 236 g/mol. The van der Waals surface area contributed by atoms with Crippen molar-refractivity contribution in [3.63, 3.8) is 0 Å². The van der Waals surface area contributed by atoms with Crippen LogP contribution in [0, 0.1) is 0 Å². The highest BCUT2D eigenvalue weighted by Crippen LogP contribution is 2.30. The van der Waals surface area contributed by atoms with Gasteiger partial charge < -0.3 is 10.2 Å². The molecule has 1 saturated carbocycles. The predicted octanol–water partition coefficient (Wildman–Crippen LogP) is 3.59. The standard InChI is InChI=1S/C16H22N2O/c1-2-12-6-7-14-13(10-12)18-15(19-14)11-16(17)8-4-3-5-9-16/h6-7,10H,2-5,8-9,11,17H2,1H3. The molecule has 1 aromatic carbocycles. The first-order chi connectivity index (χ1) is 9.18. The molecule has 1 aliphatic rings. The maximum absolute atomic E-state index is 6.47. The average molecular weight is 258 g/mol. The molecule has 0 amide bonds. The summed E-state index contributed by atoms with van der Waals surface area (Å²) in [5, 5.41) is 0. The van der Waals surface area contributed by atoms with Gasteiger partial charge in [-0.05, 0) is 37.0 Å². The number of aromatic nitrogens is 1. The maximum atomic E-state index is 6.47. The summed E-state index contributed by atoms with van der Waals surface area (Å²) in [5.74, 6) is 0.799. The Hall–Kier alpha value is -1.35. The molecular formula is C16H22N2O. The third kappa shape index (κ3) is 2.66. The van der Waals surface area contributed by atoms with Crippen molar-refractivity contribution in [1.82, 2.24) is 4.98 Å². The summed E-state index contributed by atoms with van der Waals surface area (Å²) in [5.41, 5.74) is 9.51. The Bertz CT molecular complexity index is 567. The van der Waals surface area contributed by atoms with Gasteiger partial charge in [0, 0.05) is 12.0 Å². The highest BCUT2D eigenvalue weighted by atomic mass is 16.3. The number of fused-ring (bicyclic) bond motifs is 1. The number of rotatable bonds is 3. The zero-order valence-corrected chi connectivity index (χ0v) is 11.6. The monoisotopic (exact) mass is 258 g/mol. The summed E-state index contributed by atoms with van der Waals surface area (Å²) >= 11 is 0. The minimum Gasteiger partial charge on any atom is -0.441 e. The van der Waals surface area contributed by atoms with Gasteiger partial charge in [0.2, 0.25) is 0 Å². The largest absolute Gasteiger partial charge is 0.441 e. The summed E-state index contributed by atoms with van der Waals surface area (Å²) in [6.07, 6.45) is 7.75. The Labute approximate surface area is 114 Å². The quantitative estimate of drug-likeness (QED) is 0.915. The molecule has 0 radical (unpaired) electrons. The zero-order valence-electron chi connectivity index (χ0n) is 11.6. The van der Waals surface area contributed by atoms with Gasteiger partial charge in [-0.1, -0.05) is 32.3 Å². The van der Waals surface area contributed by atoms with Crippen LogP contribution >= 0.6 is 0 Å². The van der Waals surface area contributed by atoms with E-state index in [-0.39, 0.29) is 5.54 Å². The molecule has 0 atom stereocenters. The first-order valence-corrected chi connectivity index (χ1v) is 7.36. The summed E-state index contributed by atoms with van der Waals surface area (Å²) in [7, 11) is 0. The van der Waals surface area contributed by atoms with Crippen LogP contribution in [0.25, 0.3) is 11.1 Å². The molecule has 0 bridgehead atoms. The van der Waals surface area contributed by atoms with Gasteiger partial charge in [0.25, 0.3) is 0 Å². The van der Waals surface area contributed by atoms with Crippen molar-refractivity contribution in [2.24, 2.45) is 5.73 Å². The van der Waals surface area contributed by atoms with Crippen LogP contribution < -0.4 is 5.73 Å². The van der Waals surface area contributed by atoms with Gasteiger partial charge in [-0.2, -0.15) is 0 Å². The average Bonchev–Trinajstić information content (AvgIpc) is 2.79. The van der Waals surface area contributed by atoms with E-state index >= 15 is 0 Å². The van der Waals surface area contributed by atoms with Crippen LogP contribution in [-0.2, 0) is 12.8 Å². The summed E-state index contributed by atoms with van der Waals surface area (Å²) in [4.78, 5) is 4.61. The first kappa shape index (κ1) is 12.7. The summed E-state index contributed by atoms with van der Waals surface area (Å²) in [6, 6.07) is 6.25. The van der Waals surface area contributed by atoms with Crippen molar-refractivity contribution >= 4 is 11.1 Å². The van der Waals surface area contributed by atoms with Gasteiger partial charge >= 0.3 is 0 Å². The van der Waals surface area contributed by atoms with Crippen LogP contribution in [-0.4, -0.2) is 10.5 Å². The Morgan fingerprint density at radius 3 is 2.79 bits per heavy atom. The third-order valence-corrected chi connectivity index (χ3v) is 4.26. The highest BCUT2D eigenvalue weighted by Gasteiger charge is 2.29. The van der Waals surface area contributed by atoms with E-state index in [1.807, 2.05) is 6.07 Å². The van der Waals surface area contributed by atoms with Crippen LogP contribution in [0.1, 0.15) is 50.5 Å². The third-order valence-electron chi connectivity index (χ3n) is 4.26. The number of nitrogens with two attached hydrogens (primary N) is 1.